The van der Waals surface area contributed by atoms with Crippen molar-refractivity contribution >= 4 is 11.9 Å². The molecule has 0 bridgehead atoms. The molecule has 2 N–H and O–H groups in total. The molecule has 22 heavy (non-hydrogen) atoms. The molecule has 0 aromatic heterocycles. The molecule has 1 aliphatic heterocycles. The Morgan fingerprint density at radius 1 is 1.27 bits per heavy atom. The number of imide groups is 1. The van der Waals surface area contributed by atoms with Gasteiger partial charge in [0.2, 0.25) is 0 Å². The smallest absolute Gasteiger partial charge is 0.325 e. The van der Waals surface area contributed by atoms with Gasteiger partial charge in [-0.2, -0.15) is 0 Å². The maximum Gasteiger partial charge on any atom is 0.325 e. The van der Waals surface area contributed by atoms with Crippen LogP contribution in [0.3, 0.4) is 0 Å². The van der Waals surface area contributed by atoms with Crippen molar-refractivity contribution in [3.05, 3.63) is 35.4 Å². The largest absolute Gasteiger partial charge is 0.386 e. The fourth-order valence-corrected chi connectivity index (χ4v) is 2.61. The highest BCUT2D eigenvalue weighted by Gasteiger charge is 2.49. The van der Waals surface area contributed by atoms with Gasteiger partial charge in [-0.3, -0.25) is 9.69 Å². The first kappa shape index (κ1) is 16.4. The molecule has 120 valence electrons. The predicted octanol–water partition coefficient (Wildman–Crippen LogP) is 2.11. The Kier molecular flexibility index (Phi) is 4.46. The molecule has 0 spiro atoms. The van der Waals surface area contributed by atoms with Crippen molar-refractivity contribution in [3.8, 4) is 0 Å². The lowest BCUT2D eigenvalue weighted by Gasteiger charge is -2.24. The van der Waals surface area contributed by atoms with Crippen LogP contribution in [0.5, 0.6) is 0 Å². The molecule has 2 rings (SSSR count). The van der Waals surface area contributed by atoms with Gasteiger partial charge >= 0.3 is 6.03 Å². The lowest BCUT2D eigenvalue weighted by Crippen LogP contribution is -2.46. The number of hydrogen-bond donors (Lipinski definition) is 2. The number of amides is 3. The number of rotatable bonds is 5. The van der Waals surface area contributed by atoms with Crippen LogP contribution < -0.4 is 5.32 Å². The molecule has 3 amide bonds. The Morgan fingerprint density at radius 3 is 2.45 bits per heavy atom. The van der Waals surface area contributed by atoms with E-state index in [-0.39, 0.29) is 5.56 Å². The van der Waals surface area contributed by atoms with Gasteiger partial charge in [-0.25, -0.2) is 13.6 Å². The lowest BCUT2D eigenvalue weighted by atomic mass is 9.93. The third kappa shape index (κ3) is 2.68. The molecule has 1 unspecified atom stereocenters. The Morgan fingerprint density at radius 2 is 1.91 bits per heavy atom. The normalized spacial score (nSPS) is 18.5. The number of halogens is 2. The van der Waals surface area contributed by atoms with E-state index in [1.54, 1.807) is 13.8 Å². The molecular weight excluding hydrogens is 294 g/mol. The summed E-state index contributed by atoms with van der Waals surface area (Å²) in [6, 6.07) is 2.04. The van der Waals surface area contributed by atoms with E-state index < -0.39 is 41.8 Å². The van der Waals surface area contributed by atoms with E-state index in [0.717, 1.165) is 23.1 Å². The Balaban J connectivity index is 2.21. The second kappa shape index (κ2) is 6.00. The van der Waals surface area contributed by atoms with Crippen LogP contribution in [0.4, 0.5) is 13.6 Å². The third-order valence-corrected chi connectivity index (χ3v) is 4.13. The van der Waals surface area contributed by atoms with Gasteiger partial charge in [0.15, 0.2) is 0 Å². The zero-order valence-electron chi connectivity index (χ0n) is 12.4. The molecule has 7 heteroatoms. The van der Waals surface area contributed by atoms with Crippen LogP contribution in [0.2, 0.25) is 0 Å². The van der Waals surface area contributed by atoms with Crippen LogP contribution >= 0.6 is 0 Å². The van der Waals surface area contributed by atoms with Crippen LogP contribution in [-0.2, 0) is 4.79 Å². The first-order valence-corrected chi connectivity index (χ1v) is 7.11. The SMILES string of the molecule is CCC1(CC)NC(=O)N(CC(O)c2cc(F)ccc2F)C1=O. The van der Waals surface area contributed by atoms with Gasteiger partial charge in [0.1, 0.15) is 23.3 Å². The van der Waals surface area contributed by atoms with E-state index in [4.69, 9.17) is 0 Å². The van der Waals surface area contributed by atoms with Crippen LogP contribution in [0.25, 0.3) is 0 Å². The molecule has 1 aromatic carbocycles. The molecule has 1 heterocycles. The Labute approximate surface area is 126 Å². The number of urea groups is 1. The van der Waals surface area contributed by atoms with Crippen LogP contribution in [0.15, 0.2) is 18.2 Å². The van der Waals surface area contributed by atoms with Crippen molar-refractivity contribution in [1.29, 1.82) is 0 Å². The van der Waals surface area contributed by atoms with Gasteiger partial charge in [-0.05, 0) is 31.0 Å². The number of benzene rings is 1. The molecular formula is C15H18F2N2O3. The Hall–Kier alpha value is -2.02. The van der Waals surface area contributed by atoms with Crippen molar-refractivity contribution in [2.75, 3.05) is 6.54 Å². The van der Waals surface area contributed by atoms with Gasteiger partial charge in [-0.15, -0.1) is 0 Å². The average molecular weight is 312 g/mol. The predicted molar refractivity (Wildman–Crippen MR) is 74.9 cm³/mol. The molecule has 1 aliphatic rings. The van der Waals surface area contributed by atoms with E-state index >= 15 is 0 Å². The number of β-amino-alcohol motifs (C(OH)–C–C–N with tert-alkyl or cyclic N) is 1. The second-order valence-corrected chi connectivity index (χ2v) is 5.32. The fraction of sp³-hybridized carbons (Fsp3) is 0.467. The van der Waals surface area contributed by atoms with E-state index in [2.05, 4.69) is 5.32 Å². The topological polar surface area (TPSA) is 69.6 Å². The summed E-state index contributed by atoms with van der Waals surface area (Å²) in [6.07, 6.45) is -0.667. The fourth-order valence-electron chi connectivity index (χ4n) is 2.61. The first-order chi connectivity index (χ1) is 10.3. The number of hydrogen-bond acceptors (Lipinski definition) is 3. The van der Waals surface area contributed by atoms with Crippen LogP contribution in [0.1, 0.15) is 38.4 Å². The van der Waals surface area contributed by atoms with E-state index in [1.807, 2.05) is 0 Å². The minimum Gasteiger partial charge on any atom is -0.386 e. The summed E-state index contributed by atoms with van der Waals surface area (Å²) < 4.78 is 26.8. The number of nitrogens with zero attached hydrogens (tertiary/aromatic N) is 1. The Bertz CT molecular complexity index is 602. The molecule has 0 saturated carbocycles. The molecule has 0 radical (unpaired) electrons. The number of carbonyl (C=O) groups is 2. The zero-order chi connectivity index (χ0) is 16.5. The highest BCUT2D eigenvalue weighted by atomic mass is 19.1. The molecule has 1 aromatic rings. The van der Waals surface area contributed by atoms with Crippen molar-refractivity contribution in [2.45, 2.75) is 38.3 Å². The number of aliphatic hydroxyl groups excluding tert-OH is 1. The standard InChI is InChI=1S/C15H18F2N2O3/c1-3-15(4-2)13(21)19(14(22)18-15)8-12(20)10-7-9(16)5-6-11(10)17/h5-7,12,20H,3-4,8H2,1-2H3,(H,18,22). The summed E-state index contributed by atoms with van der Waals surface area (Å²) in [4.78, 5) is 25.2. The average Bonchev–Trinajstić information content (AvgIpc) is 2.74. The maximum absolute atomic E-state index is 13.6. The van der Waals surface area contributed by atoms with Crippen LogP contribution in [-0.4, -0.2) is 34.0 Å². The molecule has 1 fully saturated rings. The quantitative estimate of drug-likeness (QED) is 0.818. The second-order valence-electron chi connectivity index (χ2n) is 5.32. The summed E-state index contributed by atoms with van der Waals surface area (Å²) in [6.45, 7) is 3.12. The van der Waals surface area contributed by atoms with Gasteiger partial charge < -0.3 is 10.4 Å². The summed E-state index contributed by atoms with van der Waals surface area (Å²) in [7, 11) is 0. The van der Waals surface area contributed by atoms with E-state index in [0.29, 0.717) is 12.8 Å². The van der Waals surface area contributed by atoms with E-state index in [1.165, 1.54) is 0 Å². The number of nitrogens with one attached hydrogen (secondary N) is 1. The summed E-state index contributed by atoms with van der Waals surface area (Å²) in [5.74, 6) is -1.96. The minimum absolute atomic E-state index is 0.286. The zero-order valence-corrected chi connectivity index (χ0v) is 12.4. The molecule has 5 nitrogen and oxygen atoms in total. The number of carbonyl (C=O) groups excluding carboxylic acids is 2. The highest BCUT2D eigenvalue weighted by molar-refractivity contribution is 6.07. The summed E-state index contributed by atoms with van der Waals surface area (Å²) in [5, 5.41) is 12.7. The van der Waals surface area contributed by atoms with Gasteiger partial charge in [0, 0.05) is 5.56 Å². The molecule has 1 saturated heterocycles. The van der Waals surface area contributed by atoms with Crippen molar-refractivity contribution < 1.29 is 23.5 Å². The first-order valence-electron chi connectivity index (χ1n) is 7.11. The van der Waals surface area contributed by atoms with Crippen molar-refractivity contribution in [3.63, 3.8) is 0 Å². The molecule has 1 atom stereocenters. The lowest BCUT2D eigenvalue weighted by molar-refractivity contribution is -0.132. The summed E-state index contributed by atoms with van der Waals surface area (Å²) >= 11 is 0. The maximum atomic E-state index is 13.6. The van der Waals surface area contributed by atoms with Gasteiger partial charge in [0.25, 0.3) is 5.91 Å². The summed E-state index contributed by atoms with van der Waals surface area (Å²) in [5.41, 5.74) is -1.27. The minimum atomic E-state index is -1.49. The number of aliphatic hydroxyl groups is 1. The van der Waals surface area contributed by atoms with Crippen LogP contribution in [0, 0.1) is 11.6 Å². The highest BCUT2D eigenvalue weighted by Crippen LogP contribution is 2.27. The van der Waals surface area contributed by atoms with Gasteiger partial charge in [0.05, 0.1) is 6.54 Å². The monoisotopic (exact) mass is 312 g/mol. The third-order valence-electron chi connectivity index (χ3n) is 4.13. The molecule has 0 aliphatic carbocycles. The van der Waals surface area contributed by atoms with Crippen molar-refractivity contribution in [2.24, 2.45) is 0 Å². The van der Waals surface area contributed by atoms with Crippen molar-refractivity contribution in [1.82, 2.24) is 10.2 Å². The van der Waals surface area contributed by atoms with Gasteiger partial charge in [-0.1, -0.05) is 13.8 Å². The van der Waals surface area contributed by atoms with E-state index in [9.17, 15) is 23.5 Å².